The van der Waals surface area contributed by atoms with Gasteiger partial charge in [0.15, 0.2) is 0 Å². The standard InChI is InChI=1S/C14H15NO/c1-2-15-13-9-7-12(8-10-14(13)16)11-5-3-4-6-11/h3-11H,2H2,1H3,(H,15,16). The summed E-state index contributed by atoms with van der Waals surface area (Å²) in [5.41, 5.74) is 1.85. The second kappa shape index (κ2) is 4.79. The van der Waals surface area contributed by atoms with Crippen molar-refractivity contribution >= 4 is 5.69 Å². The lowest BCUT2D eigenvalue weighted by Crippen LogP contribution is -2.06. The lowest BCUT2D eigenvalue weighted by molar-refractivity contribution is 1.11. The second-order valence-corrected chi connectivity index (χ2v) is 3.77. The molecule has 16 heavy (non-hydrogen) atoms. The van der Waals surface area contributed by atoms with Crippen molar-refractivity contribution in [1.29, 1.82) is 0 Å². The van der Waals surface area contributed by atoms with Gasteiger partial charge in [-0.05, 0) is 24.6 Å². The third kappa shape index (κ3) is 2.22. The quantitative estimate of drug-likeness (QED) is 0.836. The predicted octanol–water partition coefficient (Wildman–Crippen LogP) is 2.69. The van der Waals surface area contributed by atoms with Crippen LogP contribution in [0.4, 0.5) is 5.69 Å². The minimum Gasteiger partial charge on any atom is -0.382 e. The fraction of sp³-hybridized carbons (Fsp3) is 0.214. The Morgan fingerprint density at radius 3 is 2.50 bits per heavy atom. The summed E-state index contributed by atoms with van der Waals surface area (Å²) in [5.74, 6) is 0.307. The van der Waals surface area contributed by atoms with Gasteiger partial charge in [-0.3, -0.25) is 4.79 Å². The van der Waals surface area contributed by atoms with Crippen molar-refractivity contribution in [3.8, 4) is 0 Å². The smallest absolute Gasteiger partial charge is 0.201 e. The molecule has 2 rings (SSSR count). The molecule has 0 atom stereocenters. The van der Waals surface area contributed by atoms with Crippen LogP contribution >= 0.6 is 0 Å². The predicted molar refractivity (Wildman–Crippen MR) is 67.9 cm³/mol. The maximum Gasteiger partial charge on any atom is 0.201 e. The van der Waals surface area contributed by atoms with E-state index >= 15 is 0 Å². The third-order valence-electron chi connectivity index (χ3n) is 2.64. The Labute approximate surface area is 95.3 Å². The Kier molecular flexibility index (Phi) is 3.20. The first-order valence-electron chi connectivity index (χ1n) is 5.54. The highest BCUT2D eigenvalue weighted by Crippen LogP contribution is 2.21. The molecule has 0 saturated carbocycles. The zero-order valence-corrected chi connectivity index (χ0v) is 9.31. The number of anilines is 1. The molecule has 82 valence electrons. The van der Waals surface area contributed by atoms with Gasteiger partial charge in [-0.25, -0.2) is 0 Å². The Bertz CT molecular complexity index is 476. The van der Waals surface area contributed by atoms with Crippen molar-refractivity contribution in [3.63, 3.8) is 0 Å². The topological polar surface area (TPSA) is 29.1 Å². The molecule has 1 aliphatic carbocycles. The zero-order chi connectivity index (χ0) is 11.4. The van der Waals surface area contributed by atoms with Crippen LogP contribution in [0.5, 0.6) is 0 Å². The van der Waals surface area contributed by atoms with E-state index in [1.54, 1.807) is 6.07 Å². The summed E-state index contributed by atoms with van der Waals surface area (Å²) < 4.78 is 0. The molecule has 0 aromatic heterocycles. The molecular formula is C14H15NO. The van der Waals surface area contributed by atoms with Crippen LogP contribution in [0, 0.1) is 0 Å². The Hall–Kier alpha value is -1.83. The molecule has 0 bridgehead atoms. The minimum absolute atomic E-state index is 0.0408. The summed E-state index contributed by atoms with van der Waals surface area (Å²) in [7, 11) is 0. The first kappa shape index (κ1) is 10.7. The average Bonchev–Trinajstić information content (AvgIpc) is 2.75. The van der Waals surface area contributed by atoms with Gasteiger partial charge in [0.2, 0.25) is 5.43 Å². The van der Waals surface area contributed by atoms with Crippen LogP contribution in [0.3, 0.4) is 0 Å². The van der Waals surface area contributed by atoms with E-state index in [1.807, 2.05) is 37.3 Å². The molecule has 0 aliphatic heterocycles. The highest BCUT2D eigenvalue weighted by molar-refractivity contribution is 5.45. The number of allylic oxidation sites excluding steroid dienone is 4. The molecule has 0 heterocycles. The molecule has 1 aliphatic rings. The van der Waals surface area contributed by atoms with Crippen LogP contribution in [-0.2, 0) is 0 Å². The van der Waals surface area contributed by atoms with Crippen molar-refractivity contribution in [1.82, 2.24) is 0 Å². The van der Waals surface area contributed by atoms with Gasteiger partial charge in [-0.15, -0.1) is 0 Å². The SMILES string of the molecule is CCNc1ccc(C2C=CC=C2)ccc1=O. The molecule has 1 N–H and O–H groups in total. The fourth-order valence-corrected chi connectivity index (χ4v) is 1.79. The Morgan fingerprint density at radius 2 is 1.81 bits per heavy atom. The molecular weight excluding hydrogens is 198 g/mol. The molecule has 2 heteroatoms. The second-order valence-electron chi connectivity index (χ2n) is 3.77. The summed E-state index contributed by atoms with van der Waals surface area (Å²) in [6.45, 7) is 2.74. The lowest BCUT2D eigenvalue weighted by atomic mass is 10.0. The van der Waals surface area contributed by atoms with Crippen LogP contribution in [0.1, 0.15) is 18.4 Å². The minimum atomic E-state index is 0.0408. The van der Waals surface area contributed by atoms with Gasteiger partial charge in [0.25, 0.3) is 0 Å². The molecule has 1 aromatic carbocycles. The normalized spacial score (nSPS) is 14.3. The van der Waals surface area contributed by atoms with Crippen LogP contribution < -0.4 is 10.7 Å². The van der Waals surface area contributed by atoms with E-state index in [4.69, 9.17) is 0 Å². The fourth-order valence-electron chi connectivity index (χ4n) is 1.79. The van der Waals surface area contributed by atoms with Gasteiger partial charge in [-0.1, -0.05) is 36.4 Å². The van der Waals surface area contributed by atoms with Crippen molar-refractivity contribution in [2.24, 2.45) is 0 Å². The summed E-state index contributed by atoms with van der Waals surface area (Å²) in [6.07, 6.45) is 8.29. The largest absolute Gasteiger partial charge is 0.382 e. The van der Waals surface area contributed by atoms with Gasteiger partial charge < -0.3 is 5.32 Å². The summed E-state index contributed by atoms with van der Waals surface area (Å²) in [4.78, 5) is 11.7. The molecule has 0 saturated heterocycles. The summed E-state index contributed by atoms with van der Waals surface area (Å²) >= 11 is 0. The van der Waals surface area contributed by atoms with Gasteiger partial charge >= 0.3 is 0 Å². The monoisotopic (exact) mass is 213 g/mol. The maximum atomic E-state index is 11.7. The number of hydrogen-bond donors (Lipinski definition) is 1. The van der Waals surface area contributed by atoms with Crippen LogP contribution in [0.2, 0.25) is 0 Å². The maximum absolute atomic E-state index is 11.7. The average molecular weight is 213 g/mol. The van der Waals surface area contributed by atoms with E-state index in [0.29, 0.717) is 11.6 Å². The van der Waals surface area contributed by atoms with Crippen molar-refractivity contribution in [2.75, 3.05) is 11.9 Å². The highest BCUT2D eigenvalue weighted by atomic mass is 16.1. The van der Waals surface area contributed by atoms with E-state index in [-0.39, 0.29) is 5.43 Å². The lowest BCUT2D eigenvalue weighted by Gasteiger charge is -2.01. The van der Waals surface area contributed by atoms with Crippen molar-refractivity contribution in [2.45, 2.75) is 12.8 Å². The van der Waals surface area contributed by atoms with Gasteiger partial charge in [0.1, 0.15) is 0 Å². The van der Waals surface area contributed by atoms with Gasteiger partial charge in [0.05, 0.1) is 5.69 Å². The highest BCUT2D eigenvalue weighted by Gasteiger charge is 2.06. The molecule has 0 fully saturated rings. The molecule has 0 radical (unpaired) electrons. The van der Waals surface area contributed by atoms with Gasteiger partial charge in [0, 0.05) is 12.5 Å². The van der Waals surface area contributed by atoms with E-state index in [0.717, 1.165) is 12.1 Å². The van der Waals surface area contributed by atoms with E-state index in [2.05, 4.69) is 17.5 Å². The van der Waals surface area contributed by atoms with E-state index < -0.39 is 0 Å². The van der Waals surface area contributed by atoms with Crippen molar-refractivity contribution in [3.05, 3.63) is 64.4 Å². The van der Waals surface area contributed by atoms with Gasteiger partial charge in [-0.2, -0.15) is 0 Å². The van der Waals surface area contributed by atoms with Crippen LogP contribution in [-0.4, -0.2) is 6.54 Å². The Morgan fingerprint density at radius 1 is 1.12 bits per heavy atom. The number of rotatable bonds is 3. The third-order valence-corrected chi connectivity index (χ3v) is 2.64. The molecule has 0 amide bonds. The first-order valence-corrected chi connectivity index (χ1v) is 5.54. The number of nitrogens with one attached hydrogen (secondary N) is 1. The van der Waals surface area contributed by atoms with E-state index in [9.17, 15) is 4.79 Å². The molecule has 1 aromatic rings. The molecule has 0 unspecified atom stereocenters. The summed E-state index contributed by atoms with van der Waals surface area (Å²) in [6, 6.07) is 7.40. The number of hydrogen-bond acceptors (Lipinski definition) is 2. The van der Waals surface area contributed by atoms with E-state index in [1.165, 1.54) is 0 Å². The van der Waals surface area contributed by atoms with Crippen LogP contribution in [0.25, 0.3) is 0 Å². The van der Waals surface area contributed by atoms with Crippen LogP contribution in [0.15, 0.2) is 53.4 Å². The van der Waals surface area contributed by atoms with Crippen molar-refractivity contribution < 1.29 is 0 Å². The molecule has 2 nitrogen and oxygen atoms in total. The zero-order valence-electron chi connectivity index (χ0n) is 9.31. The Balaban J connectivity index is 2.37. The molecule has 0 spiro atoms. The summed E-state index contributed by atoms with van der Waals surface area (Å²) in [5, 5.41) is 3.07. The first-order chi connectivity index (χ1) is 7.81.